The summed E-state index contributed by atoms with van der Waals surface area (Å²) in [6, 6.07) is 11.2. The Balaban J connectivity index is 1.58. The van der Waals surface area contributed by atoms with Gasteiger partial charge in [0.15, 0.2) is 17.3 Å². The Morgan fingerprint density at radius 1 is 1.24 bits per heavy atom. The largest absolute Gasteiger partial charge is 0.504 e. The average molecular weight is 465 g/mol. The molecule has 3 N–H and O–H groups in total. The molecule has 9 heteroatoms. The van der Waals surface area contributed by atoms with Gasteiger partial charge in [-0.2, -0.15) is 5.10 Å². The van der Waals surface area contributed by atoms with E-state index in [1.54, 1.807) is 41.1 Å². The van der Waals surface area contributed by atoms with E-state index in [-0.39, 0.29) is 17.4 Å². The van der Waals surface area contributed by atoms with Crippen molar-refractivity contribution in [1.82, 2.24) is 9.78 Å². The number of amides is 1. The number of aromatic hydroxyl groups is 1. The van der Waals surface area contributed by atoms with Crippen LogP contribution in [0.1, 0.15) is 41.2 Å². The third kappa shape index (κ3) is 3.72. The Hall–Kier alpha value is -3.78. The second-order valence-electron chi connectivity index (χ2n) is 7.94. The van der Waals surface area contributed by atoms with E-state index in [0.29, 0.717) is 46.3 Å². The summed E-state index contributed by atoms with van der Waals surface area (Å²) in [6.07, 6.45) is 3.36. The highest BCUT2D eigenvalue weighted by Crippen LogP contribution is 2.43. The number of nitrogens with zero attached hydrogens (tertiary/aromatic N) is 2. The van der Waals surface area contributed by atoms with Crippen LogP contribution in [0.4, 0.5) is 11.5 Å². The summed E-state index contributed by atoms with van der Waals surface area (Å²) in [6.45, 7) is 0. The first-order valence-electron chi connectivity index (χ1n) is 10.5. The number of fused-ring (bicyclic) bond motifs is 1. The number of phenols is 1. The minimum atomic E-state index is -0.546. The molecule has 5 rings (SSSR count). The van der Waals surface area contributed by atoms with Crippen molar-refractivity contribution in [2.75, 3.05) is 17.7 Å². The van der Waals surface area contributed by atoms with Gasteiger partial charge in [0.25, 0.3) is 5.91 Å². The maximum Gasteiger partial charge on any atom is 0.261 e. The maximum absolute atomic E-state index is 13.1. The number of benzene rings is 2. The van der Waals surface area contributed by atoms with E-state index in [4.69, 9.17) is 16.3 Å². The molecule has 1 amide bonds. The number of ether oxygens (including phenoxy) is 1. The molecule has 0 radical (unpaired) electrons. The van der Waals surface area contributed by atoms with Crippen molar-refractivity contribution in [3.63, 3.8) is 0 Å². The number of ketones is 1. The number of carbonyl (C=O) groups is 2. The van der Waals surface area contributed by atoms with Crippen molar-refractivity contribution in [3.8, 4) is 11.5 Å². The van der Waals surface area contributed by atoms with Crippen LogP contribution >= 0.6 is 11.6 Å². The lowest BCUT2D eigenvalue weighted by molar-refractivity contribution is -0.116. The van der Waals surface area contributed by atoms with Gasteiger partial charge in [-0.3, -0.25) is 9.59 Å². The minimum absolute atomic E-state index is 0.00285. The molecule has 1 aliphatic heterocycles. The first kappa shape index (κ1) is 21.1. The highest BCUT2D eigenvalue weighted by atomic mass is 35.5. The molecule has 2 aromatic carbocycles. The highest BCUT2D eigenvalue weighted by Gasteiger charge is 2.37. The monoisotopic (exact) mass is 464 g/mol. The zero-order valence-corrected chi connectivity index (χ0v) is 18.5. The van der Waals surface area contributed by atoms with Gasteiger partial charge >= 0.3 is 0 Å². The normalized spacial score (nSPS) is 17.2. The molecule has 0 fully saturated rings. The number of allylic oxidation sites excluding steroid dienone is 2. The predicted octanol–water partition coefficient (Wildman–Crippen LogP) is 4.53. The van der Waals surface area contributed by atoms with E-state index in [2.05, 4.69) is 15.7 Å². The van der Waals surface area contributed by atoms with Gasteiger partial charge in [-0.05, 0) is 54.8 Å². The van der Waals surface area contributed by atoms with Gasteiger partial charge in [0.05, 0.1) is 13.3 Å². The summed E-state index contributed by atoms with van der Waals surface area (Å²) < 4.78 is 6.92. The van der Waals surface area contributed by atoms with E-state index in [1.807, 2.05) is 0 Å². The standard InChI is InChI=1S/C24H21ClN4O4/c1-33-20-11-13(5-10-18(20)30)22-21-17(3-2-4-19(21)31)28-23-16(12-26-29(22)23)24(32)27-15-8-6-14(25)7-9-15/h5-12,22,28,30H,2-4H2,1H3,(H,27,32)/t22-/m0/s1. The molecule has 0 spiro atoms. The molecule has 0 unspecified atom stereocenters. The predicted molar refractivity (Wildman–Crippen MR) is 124 cm³/mol. The van der Waals surface area contributed by atoms with Crippen molar-refractivity contribution in [2.45, 2.75) is 25.3 Å². The number of anilines is 2. The van der Waals surface area contributed by atoms with Crippen LogP contribution in [0, 0.1) is 0 Å². The molecule has 3 aromatic rings. The summed E-state index contributed by atoms with van der Waals surface area (Å²) in [5.41, 5.74) is 3.09. The summed E-state index contributed by atoms with van der Waals surface area (Å²) in [5.74, 6) is 0.509. The Kier molecular flexibility index (Phi) is 5.30. The van der Waals surface area contributed by atoms with Crippen LogP contribution in [-0.2, 0) is 4.79 Å². The summed E-state index contributed by atoms with van der Waals surface area (Å²) in [4.78, 5) is 26.0. The fourth-order valence-corrected chi connectivity index (χ4v) is 4.45. The van der Waals surface area contributed by atoms with Gasteiger partial charge in [0.2, 0.25) is 0 Å². The fourth-order valence-electron chi connectivity index (χ4n) is 4.33. The van der Waals surface area contributed by atoms with Gasteiger partial charge < -0.3 is 20.5 Å². The number of aromatic nitrogens is 2. The Morgan fingerprint density at radius 3 is 2.79 bits per heavy atom. The lowest BCUT2D eigenvalue weighted by Crippen LogP contribution is -2.32. The second kappa shape index (κ2) is 8.29. The highest BCUT2D eigenvalue weighted by molar-refractivity contribution is 6.30. The molecule has 0 saturated carbocycles. The molecule has 8 nitrogen and oxygen atoms in total. The quantitative estimate of drug-likeness (QED) is 0.524. The van der Waals surface area contributed by atoms with Crippen LogP contribution in [0.25, 0.3) is 0 Å². The molecular weight excluding hydrogens is 444 g/mol. The zero-order valence-electron chi connectivity index (χ0n) is 17.8. The van der Waals surface area contributed by atoms with E-state index < -0.39 is 6.04 Å². The SMILES string of the molecule is COc1cc([C@H]2C3=C(CCCC3=O)Nc3c(C(=O)Nc4ccc(Cl)cc4)cnn32)ccc1O. The second-order valence-corrected chi connectivity index (χ2v) is 8.38. The summed E-state index contributed by atoms with van der Waals surface area (Å²) in [5, 5.41) is 21.2. The van der Waals surface area contributed by atoms with Gasteiger partial charge in [-0.1, -0.05) is 17.7 Å². The molecule has 0 bridgehead atoms. The third-order valence-corrected chi connectivity index (χ3v) is 6.16. The first-order valence-corrected chi connectivity index (χ1v) is 10.9. The Labute approximate surface area is 194 Å². The minimum Gasteiger partial charge on any atom is -0.504 e. The van der Waals surface area contributed by atoms with Crippen molar-refractivity contribution < 1.29 is 19.4 Å². The van der Waals surface area contributed by atoms with E-state index in [9.17, 15) is 14.7 Å². The van der Waals surface area contributed by atoms with Crippen molar-refractivity contribution in [2.24, 2.45) is 0 Å². The molecule has 1 atom stereocenters. The topological polar surface area (TPSA) is 105 Å². The lowest BCUT2D eigenvalue weighted by Gasteiger charge is -2.33. The van der Waals surface area contributed by atoms with Crippen LogP contribution < -0.4 is 15.4 Å². The number of nitrogens with one attached hydrogen (secondary N) is 2. The van der Waals surface area contributed by atoms with Crippen molar-refractivity contribution in [1.29, 1.82) is 0 Å². The van der Waals surface area contributed by atoms with E-state index in [0.717, 1.165) is 17.7 Å². The molecule has 2 aliphatic rings. The number of hydrogen-bond acceptors (Lipinski definition) is 6. The van der Waals surface area contributed by atoms with Gasteiger partial charge in [-0.25, -0.2) is 4.68 Å². The van der Waals surface area contributed by atoms with Crippen LogP contribution in [0.2, 0.25) is 5.02 Å². The van der Waals surface area contributed by atoms with E-state index >= 15 is 0 Å². The van der Waals surface area contributed by atoms with Gasteiger partial charge in [-0.15, -0.1) is 0 Å². The number of carbonyl (C=O) groups excluding carboxylic acids is 2. The summed E-state index contributed by atoms with van der Waals surface area (Å²) in [7, 11) is 1.47. The molecule has 2 heterocycles. The zero-order chi connectivity index (χ0) is 23.1. The number of phenolic OH excluding ortho intramolecular Hbond substituents is 1. The molecule has 168 valence electrons. The molecule has 1 aliphatic carbocycles. The number of rotatable bonds is 4. The maximum atomic E-state index is 13.1. The fraction of sp³-hybridized carbons (Fsp3) is 0.208. The molecular formula is C24H21ClN4O4. The van der Waals surface area contributed by atoms with Crippen LogP contribution in [-0.4, -0.2) is 33.7 Å². The van der Waals surface area contributed by atoms with Gasteiger partial charge in [0, 0.05) is 28.4 Å². The smallest absolute Gasteiger partial charge is 0.261 e. The third-order valence-electron chi connectivity index (χ3n) is 5.91. The Morgan fingerprint density at radius 2 is 2.03 bits per heavy atom. The van der Waals surface area contributed by atoms with Crippen molar-refractivity contribution >= 4 is 34.8 Å². The molecule has 33 heavy (non-hydrogen) atoms. The summed E-state index contributed by atoms with van der Waals surface area (Å²) >= 11 is 5.93. The average Bonchev–Trinajstić information content (AvgIpc) is 3.23. The first-order chi connectivity index (χ1) is 16.0. The lowest BCUT2D eigenvalue weighted by atomic mass is 9.85. The number of halogens is 1. The molecule has 1 aromatic heterocycles. The number of Topliss-reactive ketones (excluding diaryl/α,β-unsaturated/α-hetero) is 1. The van der Waals surface area contributed by atoms with Crippen LogP contribution in [0.5, 0.6) is 11.5 Å². The van der Waals surface area contributed by atoms with E-state index in [1.165, 1.54) is 19.4 Å². The molecule has 0 saturated heterocycles. The van der Waals surface area contributed by atoms with Gasteiger partial charge in [0.1, 0.15) is 17.4 Å². The van der Waals surface area contributed by atoms with Crippen molar-refractivity contribution in [3.05, 3.63) is 76.1 Å². The van der Waals surface area contributed by atoms with Crippen LogP contribution in [0.3, 0.4) is 0 Å². The Bertz CT molecular complexity index is 1300. The number of hydrogen-bond donors (Lipinski definition) is 3. The van der Waals surface area contributed by atoms with Crippen LogP contribution in [0.15, 0.2) is 59.9 Å². The number of methoxy groups -OCH3 is 1.